The Labute approximate surface area is 161 Å². The molecule has 0 bridgehead atoms. The van der Waals surface area contributed by atoms with Crippen LogP contribution in [0.5, 0.6) is 5.75 Å². The van der Waals surface area contributed by atoms with E-state index in [1.54, 1.807) is 24.3 Å². The van der Waals surface area contributed by atoms with Crippen LogP contribution in [0.2, 0.25) is 0 Å². The Hall–Kier alpha value is -2.54. The van der Waals surface area contributed by atoms with Crippen LogP contribution in [0.1, 0.15) is 30.1 Å². The van der Waals surface area contributed by atoms with Crippen molar-refractivity contribution < 1.29 is 18.7 Å². The first-order valence-corrected chi connectivity index (χ1v) is 9.69. The fourth-order valence-electron chi connectivity index (χ4n) is 2.60. The molecule has 1 aliphatic rings. The number of thioether (sulfide) groups is 1. The van der Waals surface area contributed by atoms with Crippen LogP contribution in [0.25, 0.3) is 0 Å². The zero-order valence-corrected chi connectivity index (χ0v) is 15.8. The van der Waals surface area contributed by atoms with Crippen molar-refractivity contribution in [1.82, 2.24) is 5.32 Å². The first-order chi connectivity index (χ1) is 13.0. The average Bonchev–Trinajstić information content (AvgIpc) is 2.66. The number of carbonyl (C=O) groups is 2. The van der Waals surface area contributed by atoms with Gasteiger partial charge in [0.1, 0.15) is 11.6 Å². The second-order valence-electron chi connectivity index (χ2n) is 6.23. The van der Waals surface area contributed by atoms with Crippen molar-refractivity contribution in [3.63, 3.8) is 0 Å². The molecule has 0 aliphatic carbocycles. The van der Waals surface area contributed by atoms with Gasteiger partial charge in [0.2, 0.25) is 5.91 Å². The number of carbonyl (C=O) groups excluding carboxylic acids is 2. The summed E-state index contributed by atoms with van der Waals surface area (Å²) < 4.78 is 18.3. The van der Waals surface area contributed by atoms with Crippen LogP contribution in [0.3, 0.4) is 0 Å². The van der Waals surface area contributed by atoms with Crippen LogP contribution in [-0.4, -0.2) is 30.2 Å². The minimum Gasteiger partial charge on any atom is -0.494 e. The molecule has 27 heavy (non-hydrogen) atoms. The maximum Gasteiger partial charge on any atom is 0.251 e. The number of hydrogen-bond donors (Lipinski definition) is 2. The van der Waals surface area contributed by atoms with E-state index in [-0.39, 0.29) is 22.9 Å². The van der Waals surface area contributed by atoms with Gasteiger partial charge >= 0.3 is 0 Å². The molecule has 142 valence electrons. The van der Waals surface area contributed by atoms with Gasteiger partial charge in [-0.05, 0) is 62.2 Å². The zero-order valence-electron chi connectivity index (χ0n) is 15.0. The third kappa shape index (κ3) is 5.23. The summed E-state index contributed by atoms with van der Waals surface area (Å²) in [5.41, 5.74) is 1.20. The third-order valence-corrected chi connectivity index (χ3v) is 5.29. The number of nitrogens with one attached hydrogen (secondary N) is 2. The topological polar surface area (TPSA) is 67.4 Å². The summed E-state index contributed by atoms with van der Waals surface area (Å²) in [7, 11) is 0. The highest BCUT2D eigenvalue weighted by Gasteiger charge is 2.23. The molecule has 0 fully saturated rings. The van der Waals surface area contributed by atoms with Gasteiger partial charge in [-0.15, -0.1) is 11.8 Å². The quantitative estimate of drug-likeness (QED) is 0.707. The Kier molecular flexibility index (Phi) is 6.34. The lowest BCUT2D eigenvalue weighted by atomic mass is 10.1. The smallest absolute Gasteiger partial charge is 0.251 e. The molecule has 1 aliphatic heterocycles. The molecule has 0 radical (unpaired) electrons. The van der Waals surface area contributed by atoms with E-state index in [1.807, 2.05) is 13.0 Å². The number of fused-ring (bicyclic) bond motifs is 1. The normalized spacial score (nSPS) is 15.6. The monoisotopic (exact) mass is 388 g/mol. The number of rotatable bonds is 7. The predicted octanol–water partition coefficient (Wildman–Crippen LogP) is 3.85. The van der Waals surface area contributed by atoms with Crippen LogP contribution < -0.4 is 15.4 Å². The molecule has 7 heteroatoms. The van der Waals surface area contributed by atoms with Gasteiger partial charge in [-0.1, -0.05) is 0 Å². The molecule has 0 aromatic heterocycles. The molecular weight excluding hydrogens is 367 g/mol. The number of anilines is 1. The number of amides is 2. The first kappa shape index (κ1) is 19.2. The van der Waals surface area contributed by atoms with E-state index >= 15 is 0 Å². The molecule has 2 aromatic carbocycles. The van der Waals surface area contributed by atoms with Crippen molar-refractivity contribution >= 4 is 29.3 Å². The molecule has 0 saturated heterocycles. The predicted molar refractivity (Wildman–Crippen MR) is 104 cm³/mol. The lowest BCUT2D eigenvalue weighted by molar-refractivity contribution is -0.115. The maximum atomic E-state index is 12.8. The van der Waals surface area contributed by atoms with E-state index in [0.717, 1.165) is 17.7 Å². The van der Waals surface area contributed by atoms with Crippen molar-refractivity contribution in [1.29, 1.82) is 0 Å². The Morgan fingerprint density at radius 3 is 2.78 bits per heavy atom. The van der Waals surface area contributed by atoms with Gasteiger partial charge in [-0.3, -0.25) is 9.59 Å². The molecule has 1 unspecified atom stereocenters. The van der Waals surface area contributed by atoms with Crippen LogP contribution in [0, 0.1) is 5.82 Å². The van der Waals surface area contributed by atoms with E-state index in [0.29, 0.717) is 30.2 Å². The lowest BCUT2D eigenvalue weighted by Gasteiger charge is -2.21. The number of hydrogen-bond acceptors (Lipinski definition) is 4. The Morgan fingerprint density at radius 2 is 2.00 bits per heavy atom. The van der Waals surface area contributed by atoms with E-state index in [1.165, 1.54) is 23.9 Å². The van der Waals surface area contributed by atoms with Crippen LogP contribution in [-0.2, 0) is 4.79 Å². The summed E-state index contributed by atoms with van der Waals surface area (Å²) >= 11 is 1.49. The summed E-state index contributed by atoms with van der Waals surface area (Å²) in [4.78, 5) is 25.0. The van der Waals surface area contributed by atoms with Gasteiger partial charge < -0.3 is 15.4 Å². The first-order valence-electron chi connectivity index (χ1n) is 8.81. The second kappa shape index (κ2) is 8.90. The number of halogens is 1. The summed E-state index contributed by atoms with van der Waals surface area (Å²) in [5.74, 6) is 0.116. The largest absolute Gasteiger partial charge is 0.494 e. The molecule has 2 N–H and O–H groups in total. The Balaban J connectivity index is 1.40. The third-order valence-electron chi connectivity index (χ3n) is 4.11. The molecule has 0 saturated carbocycles. The average molecular weight is 388 g/mol. The molecule has 1 atom stereocenters. The molecule has 1 heterocycles. The summed E-state index contributed by atoms with van der Waals surface area (Å²) in [6.07, 6.45) is 1.54. The van der Waals surface area contributed by atoms with E-state index in [9.17, 15) is 14.0 Å². The van der Waals surface area contributed by atoms with Crippen molar-refractivity contribution in [3.8, 4) is 5.75 Å². The van der Waals surface area contributed by atoms with Crippen molar-refractivity contribution in [3.05, 3.63) is 53.8 Å². The number of benzene rings is 2. The molecule has 0 spiro atoms. The van der Waals surface area contributed by atoms with E-state index < -0.39 is 0 Å². The Morgan fingerprint density at radius 1 is 1.22 bits per heavy atom. The summed E-state index contributed by atoms with van der Waals surface area (Å²) in [5, 5.41) is 5.57. The number of unbranched alkanes of at least 4 members (excludes halogenated alkanes) is 1. The van der Waals surface area contributed by atoms with Crippen molar-refractivity contribution in [2.75, 3.05) is 18.5 Å². The van der Waals surface area contributed by atoms with Gasteiger partial charge in [0.05, 0.1) is 17.5 Å². The molecular formula is C20H21FN2O3S. The van der Waals surface area contributed by atoms with Gasteiger partial charge in [0.25, 0.3) is 5.91 Å². The molecule has 5 nitrogen and oxygen atoms in total. The second-order valence-corrected chi connectivity index (χ2v) is 7.61. The zero-order chi connectivity index (χ0) is 19.2. The summed E-state index contributed by atoms with van der Waals surface area (Å²) in [6.45, 7) is 2.88. The van der Waals surface area contributed by atoms with Crippen molar-refractivity contribution in [2.24, 2.45) is 0 Å². The maximum absolute atomic E-state index is 12.8. The van der Waals surface area contributed by atoms with Crippen LogP contribution in [0.4, 0.5) is 10.1 Å². The lowest BCUT2D eigenvalue weighted by Crippen LogP contribution is -2.28. The molecule has 2 amide bonds. The summed E-state index contributed by atoms with van der Waals surface area (Å²) in [6, 6.07) is 11.2. The minimum atomic E-state index is -0.292. The van der Waals surface area contributed by atoms with E-state index in [2.05, 4.69) is 10.6 Å². The SMILES string of the molecule is CC1Sc2ccc(C(=O)NCCCCOc3ccc(F)cc3)cc2NC1=O. The van der Waals surface area contributed by atoms with Gasteiger partial charge in [0.15, 0.2) is 0 Å². The van der Waals surface area contributed by atoms with Gasteiger partial charge in [0, 0.05) is 17.0 Å². The standard InChI is InChI=1S/C20H21FN2O3S/c1-13-19(24)23-17-12-14(4-9-18(17)27-13)20(25)22-10-2-3-11-26-16-7-5-15(21)6-8-16/h4-9,12-13H,2-3,10-11H2,1H3,(H,22,25)(H,23,24). The number of ether oxygens (including phenoxy) is 1. The van der Waals surface area contributed by atoms with Gasteiger partial charge in [-0.2, -0.15) is 0 Å². The van der Waals surface area contributed by atoms with Crippen LogP contribution >= 0.6 is 11.8 Å². The van der Waals surface area contributed by atoms with E-state index in [4.69, 9.17) is 4.74 Å². The highest BCUT2D eigenvalue weighted by Crippen LogP contribution is 2.35. The van der Waals surface area contributed by atoms with Gasteiger partial charge in [-0.25, -0.2) is 4.39 Å². The molecule has 3 rings (SSSR count). The minimum absolute atomic E-state index is 0.0498. The Bertz CT molecular complexity index is 826. The molecule has 2 aromatic rings. The van der Waals surface area contributed by atoms with Crippen molar-refractivity contribution in [2.45, 2.75) is 29.9 Å². The fraction of sp³-hybridized carbons (Fsp3) is 0.300. The highest BCUT2D eigenvalue weighted by molar-refractivity contribution is 8.00. The van der Waals surface area contributed by atoms with Crippen LogP contribution in [0.15, 0.2) is 47.4 Å². The fourth-order valence-corrected chi connectivity index (χ4v) is 3.53. The highest BCUT2D eigenvalue weighted by atomic mass is 32.2.